The number of nitrogen functional groups attached to an aromatic ring is 1. The van der Waals surface area contributed by atoms with E-state index >= 15 is 0 Å². The number of methoxy groups -OCH3 is 1. The molecule has 0 amide bonds. The van der Waals surface area contributed by atoms with Crippen molar-refractivity contribution < 1.29 is 14.9 Å². The van der Waals surface area contributed by atoms with E-state index in [1.54, 1.807) is 18.2 Å². The molecule has 1 aromatic carbocycles. The molecule has 2 atom stereocenters. The average Bonchev–Trinajstić information content (AvgIpc) is 2.28. The predicted molar refractivity (Wildman–Crippen MR) is 62.0 cm³/mol. The van der Waals surface area contributed by atoms with E-state index in [-0.39, 0.29) is 0 Å². The lowest BCUT2D eigenvalue weighted by Crippen LogP contribution is -2.22. The first-order valence-electron chi connectivity index (χ1n) is 5.09. The van der Waals surface area contributed by atoms with E-state index in [1.807, 2.05) is 0 Å². The molecule has 1 aromatic rings. The molecule has 0 bridgehead atoms. The number of rotatable bonds is 5. The highest BCUT2D eigenvalue weighted by molar-refractivity contribution is 5.52. The molecule has 0 saturated heterocycles. The molecule has 1 rings (SSSR count). The largest absolute Gasteiger partial charge is 0.497 e. The van der Waals surface area contributed by atoms with E-state index in [4.69, 9.17) is 16.2 Å². The summed E-state index contributed by atoms with van der Waals surface area (Å²) in [6.45, 7) is 0.314. The van der Waals surface area contributed by atoms with Crippen LogP contribution in [0.2, 0.25) is 0 Å². The lowest BCUT2D eigenvalue weighted by Gasteiger charge is -2.19. The Morgan fingerprint density at radius 1 is 1.38 bits per heavy atom. The van der Waals surface area contributed by atoms with Gasteiger partial charge in [-0.15, -0.1) is 0 Å². The summed E-state index contributed by atoms with van der Waals surface area (Å²) >= 11 is 0. The third kappa shape index (κ3) is 2.85. The van der Waals surface area contributed by atoms with Gasteiger partial charge in [-0.05, 0) is 19.0 Å². The second kappa shape index (κ2) is 5.69. The molecule has 0 saturated carbocycles. The van der Waals surface area contributed by atoms with Crippen molar-refractivity contribution in [2.24, 2.45) is 5.73 Å². The van der Waals surface area contributed by atoms with Gasteiger partial charge in [0, 0.05) is 17.3 Å². The van der Waals surface area contributed by atoms with Crippen LogP contribution in [0.15, 0.2) is 18.2 Å². The van der Waals surface area contributed by atoms with Crippen LogP contribution < -0.4 is 16.2 Å². The molecule has 0 heterocycles. The maximum atomic E-state index is 9.84. The molecular formula is C11H18N2O3. The molecule has 0 aliphatic heterocycles. The fourth-order valence-corrected chi connectivity index (χ4v) is 1.49. The van der Waals surface area contributed by atoms with Gasteiger partial charge in [-0.2, -0.15) is 0 Å². The highest BCUT2D eigenvalue weighted by Crippen LogP contribution is 2.27. The van der Waals surface area contributed by atoms with Gasteiger partial charge in [-0.3, -0.25) is 0 Å². The number of hydrogen-bond acceptors (Lipinski definition) is 5. The quantitative estimate of drug-likeness (QED) is 0.530. The van der Waals surface area contributed by atoms with Crippen LogP contribution >= 0.6 is 0 Å². The number of aliphatic hydroxyl groups is 2. The summed E-state index contributed by atoms with van der Waals surface area (Å²) in [5.74, 6) is 0.613. The van der Waals surface area contributed by atoms with Crippen LogP contribution in [0.1, 0.15) is 18.1 Å². The Labute approximate surface area is 94.6 Å². The van der Waals surface area contributed by atoms with Crippen molar-refractivity contribution in [3.05, 3.63) is 23.8 Å². The minimum Gasteiger partial charge on any atom is -0.497 e. The first-order valence-corrected chi connectivity index (χ1v) is 5.09. The minimum absolute atomic E-state index is 0.314. The van der Waals surface area contributed by atoms with Crippen molar-refractivity contribution >= 4 is 5.69 Å². The van der Waals surface area contributed by atoms with E-state index in [2.05, 4.69) is 0 Å². The van der Waals surface area contributed by atoms with E-state index in [9.17, 15) is 10.2 Å². The lowest BCUT2D eigenvalue weighted by molar-refractivity contribution is 0.0154. The van der Waals surface area contributed by atoms with Gasteiger partial charge in [-0.25, -0.2) is 0 Å². The smallest absolute Gasteiger partial charge is 0.120 e. The normalized spacial score (nSPS) is 14.5. The van der Waals surface area contributed by atoms with Crippen molar-refractivity contribution in [3.8, 4) is 5.75 Å². The summed E-state index contributed by atoms with van der Waals surface area (Å²) in [5, 5.41) is 19.4. The first kappa shape index (κ1) is 12.8. The van der Waals surface area contributed by atoms with Crippen LogP contribution in [0.5, 0.6) is 5.75 Å². The Morgan fingerprint density at radius 3 is 2.56 bits per heavy atom. The number of benzene rings is 1. The van der Waals surface area contributed by atoms with Crippen molar-refractivity contribution in [2.75, 3.05) is 19.4 Å². The summed E-state index contributed by atoms with van der Waals surface area (Å²) in [4.78, 5) is 0. The molecule has 5 heteroatoms. The van der Waals surface area contributed by atoms with E-state index in [0.29, 0.717) is 30.0 Å². The molecular weight excluding hydrogens is 208 g/mol. The molecule has 0 radical (unpaired) electrons. The number of ether oxygens (including phenoxy) is 1. The van der Waals surface area contributed by atoms with Gasteiger partial charge in [0.1, 0.15) is 11.9 Å². The zero-order valence-electron chi connectivity index (χ0n) is 9.26. The maximum Gasteiger partial charge on any atom is 0.120 e. The summed E-state index contributed by atoms with van der Waals surface area (Å²) in [5.41, 5.74) is 11.9. The molecule has 5 nitrogen and oxygen atoms in total. The van der Waals surface area contributed by atoms with Gasteiger partial charge in [-0.1, -0.05) is 6.07 Å². The standard InChI is InChI=1S/C11H18N2O3/c1-16-7-2-3-8(9(13)6-7)11(15)10(14)4-5-12/h2-3,6,10-11,14-15H,4-5,12-13H2,1H3. The molecule has 0 aliphatic rings. The summed E-state index contributed by atoms with van der Waals surface area (Å²) in [7, 11) is 1.54. The van der Waals surface area contributed by atoms with Crippen LogP contribution in [0, 0.1) is 0 Å². The van der Waals surface area contributed by atoms with Crippen LogP contribution in [0.4, 0.5) is 5.69 Å². The average molecular weight is 226 g/mol. The minimum atomic E-state index is -1.02. The van der Waals surface area contributed by atoms with E-state index < -0.39 is 12.2 Å². The molecule has 16 heavy (non-hydrogen) atoms. The van der Waals surface area contributed by atoms with Crippen LogP contribution in [0.25, 0.3) is 0 Å². The number of hydrogen-bond donors (Lipinski definition) is 4. The molecule has 0 aliphatic carbocycles. The maximum absolute atomic E-state index is 9.84. The number of anilines is 1. The van der Waals surface area contributed by atoms with Gasteiger partial charge in [0.2, 0.25) is 0 Å². The second-order valence-electron chi connectivity index (χ2n) is 3.58. The Bertz CT molecular complexity index is 344. The number of nitrogens with two attached hydrogens (primary N) is 2. The van der Waals surface area contributed by atoms with Crippen LogP contribution in [0.3, 0.4) is 0 Å². The predicted octanol–water partition coefficient (Wildman–Crippen LogP) is 0.0205. The van der Waals surface area contributed by atoms with Crippen molar-refractivity contribution in [1.82, 2.24) is 0 Å². The third-order valence-corrected chi connectivity index (χ3v) is 2.44. The molecule has 6 N–H and O–H groups in total. The van der Waals surface area contributed by atoms with E-state index in [0.717, 1.165) is 0 Å². The summed E-state index contributed by atoms with van der Waals surface area (Å²) in [6.07, 6.45) is -1.60. The summed E-state index contributed by atoms with van der Waals surface area (Å²) < 4.78 is 4.99. The van der Waals surface area contributed by atoms with Crippen molar-refractivity contribution in [3.63, 3.8) is 0 Å². The zero-order valence-corrected chi connectivity index (χ0v) is 9.26. The number of aliphatic hydroxyl groups excluding tert-OH is 2. The van der Waals surface area contributed by atoms with Gasteiger partial charge in [0.15, 0.2) is 0 Å². The molecule has 2 unspecified atom stereocenters. The van der Waals surface area contributed by atoms with Crippen LogP contribution in [-0.4, -0.2) is 30.0 Å². The Hall–Kier alpha value is -1.30. The van der Waals surface area contributed by atoms with Crippen molar-refractivity contribution in [2.45, 2.75) is 18.6 Å². The lowest BCUT2D eigenvalue weighted by atomic mass is 10.0. The topological polar surface area (TPSA) is 102 Å². The molecule has 0 spiro atoms. The highest BCUT2D eigenvalue weighted by atomic mass is 16.5. The summed E-state index contributed by atoms with van der Waals surface area (Å²) in [6, 6.07) is 4.93. The fraction of sp³-hybridized carbons (Fsp3) is 0.455. The SMILES string of the molecule is COc1ccc(C(O)C(O)CCN)c(N)c1. The molecule has 0 fully saturated rings. The molecule has 0 aromatic heterocycles. The second-order valence-corrected chi connectivity index (χ2v) is 3.58. The van der Waals surface area contributed by atoms with E-state index in [1.165, 1.54) is 7.11 Å². The Balaban J connectivity index is 2.87. The highest BCUT2D eigenvalue weighted by Gasteiger charge is 2.19. The first-order chi connectivity index (χ1) is 7.60. The van der Waals surface area contributed by atoms with Crippen molar-refractivity contribution in [1.29, 1.82) is 0 Å². The third-order valence-electron chi connectivity index (χ3n) is 2.44. The molecule has 90 valence electrons. The Kier molecular flexibility index (Phi) is 4.54. The monoisotopic (exact) mass is 226 g/mol. The van der Waals surface area contributed by atoms with Gasteiger partial charge >= 0.3 is 0 Å². The van der Waals surface area contributed by atoms with Crippen LogP contribution in [-0.2, 0) is 0 Å². The van der Waals surface area contributed by atoms with Gasteiger partial charge in [0.25, 0.3) is 0 Å². The Morgan fingerprint density at radius 2 is 2.06 bits per heavy atom. The fourth-order valence-electron chi connectivity index (χ4n) is 1.49. The van der Waals surface area contributed by atoms with Gasteiger partial charge < -0.3 is 26.4 Å². The zero-order chi connectivity index (χ0) is 12.1. The van der Waals surface area contributed by atoms with Gasteiger partial charge in [0.05, 0.1) is 13.2 Å².